The monoisotopic (exact) mass is 932 g/mol. The van der Waals surface area contributed by atoms with Gasteiger partial charge in [0, 0.05) is 68.6 Å². The van der Waals surface area contributed by atoms with Gasteiger partial charge in [-0.05, 0) is 58.5 Å². The van der Waals surface area contributed by atoms with Crippen molar-refractivity contribution in [3.8, 4) is 5.75 Å². The summed E-state index contributed by atoms with van der Waals surface area (Å²) < 4.78 is 5.85. The second-order valence-electron chi connectivity index (χ2n) is 12.6. The van der Waals surface area contributed by atoms with Crippen LogP contribution in [0.3, 0.4) is 0 Å². The van der Waals surface area contributed by atoms with Crippen LogP contribution < -0.4 is 31.4 Å². The number of benzene rings is 1. The second kappa shape index (κ2) is 22.1. The van der Waals surface area contributed by atoms with E-state index in [0.717, 1.165) is 30.5 Å². The number of allylic oxidation sites excluding steroid dienone is 1. The number of aromatic nitrogens is 1. The topological polar surface area (TPSA) is 156 Å². The van der Waals surface area contributed by atoms with Crippen LogP contribution in [0.5, 0.6) is 5.75 Å². The number of hydrogen-bond donors (Lipinski definition) is 6. The van der Waals surface area contributed by atoms with Gasteiger partial charge in [-0.3, -0.25) is 30.2 Å². The molecule has 2 unspecified atom stereocenters. The van der Waals surface area contributed by atoms with Gasteiger partial charge >= 0.3 is 0 Å². The standard InChI is InChI=1S/C25H38N5O3.C10H12N2O.2C2H6.U/c1-6-12-27-14-20(29-21(26)7-2)25(4)23(31)19(15-30(25)5)28-24(32)18-10-8-9-17-16(3)11-13-33-22(17)18;1-11-9(13)10(5-6-10)8-4-2-3-7-12-8;2*1-2;/h6,8-10,12,19-20,23,27,31H,7,11,13-15H2,1-5H3,(H2,26,29)(H,28,32);2-4,7H,5-6H2,1H3,(H,11,13);2*1-2H3;/q-1;;;;/p+1/b12-6-;;;;/t19?,20?,23-,25+;;;;/m1..../s1. The summed E-state index contributed by atoms with van der Waals surface area (Å²) >= 11 is 0. The number of carbonyl (C=O) groups is 2. The zero-order valence-electron chi connectivity index (χ0n) is 32.5. The summed E-state index contributed by atoms with van der Waals surface area (Å²) in [5.41, 5.74) is 7.54. The van der Waals surface area contributed by atoms with Gasteiger partial charge in [-0.25, -0.2) is 0 Å². The van der Waals surface area contributed by atoms with E-state index in [-0.39, 0.29) is 54.4 Å². The maximum absolute atomic E-state index is 13.3. The molecule has 4 atom stereocenters. The van der Waals surface area contributed by atoms with Gasteiger partial charge in [-0.15, -0.1) is 11.6 Å². The van der Waals surface area contributed by atoms with Crippen LogP contribution in [-0.4, -0.2) is 90.2 Å². The van der Waals surface area contributed by atoms with Crippen LogP contribution in [-0.2, 0) is 10.2 Å². The fourth-order valence-corrected chi connectivity index (χ4v) is 6.36. The molecule has 51 heavy (non-hydrogen) atoms. The molecule has 3 aliphatic rings. The van der Waals surface area contributed by atoms with Gasteiger partial charge < -0.3 is 25.8 Å². The van der Waals surface area contributed by atoms with Gasteiger partial charge in [0.1, 0.15) is 6.04 Å². The minimum Gasteiger partial charge on any atom is -0.550 e. The van der Waals surface area contributed by atoms with Gasteiger partial charge in [0.05, 0.1) is 41.9 Å². The molecule has 2 amide bonds. The molecule has 1 saturated heterocycles. The number of nitrogens with one attached hydrogen (secondary N) is 4. The third-order valence-corrected chi connectivity index (χ3v) is 9.65. The number of nitrogens with two attached hydrogens (primary N) is 1. The Kier molecular flexibility index (Phi) is 19.9. The molecule has 5 rings (SSSR count). The molecule has 0 radical (unpaired) electrons. The van der Waals surface area contributed by atoms with Gasteiger partial charge in [-0.2, -0.15) is 12.0 Å². The number of amides is 2. The molecule has 282 valence electrons. The molecule has 12 heteroatoms. The van der Waals surface area contributed by atoms with Crippen molar-refractivity contribution in [1.82, 2.24) is 25.8 Å². The van der Waals surface area contributed by atoms with Crippen LogP contribution in [0.4, 0.5) is 0 Å². The van der Waals surface area contributed by atoms with Crippen molar-refractivity contribution in [1.29, 1.82) is 0 Å². The third kappa shape index (κ3) is 11.0. The number of aliphatic hydroxyl groups excluding tert-OH is 1. The Morgan fingerprint density at radius 1 is 1.20 bits per heavy atom. The second-order valence-corrected chi connectivity index (χ2v) is 12.6. The van der Waals surface area contributed by atoms with Gasteiger partial charge in [0.15, 0.2) is 0 Å². The average molecular weight is 932 g/mol. The molecule has 3 heterocycles. The molecule has 0 spiro atoms. The number of aliphatic hydroxyl groups is 1. The van der Waals surface area contributed by atoms with Crippen molar-refractivity contribution < 1.29 is 55.5 Å². The predicted molar refractivity (Wildman–Crippen MR) is 202 cm³/mol. The Balaban J connectivity index is 0.000000600. The largest absolute Gasteiger partial charge is 0.550 e. The number of pyridine rings is 1. The van der Waals surface area contributed by atoms with Crippen molar-refractivity contribution in [2.45, 2.75) is 110 Å². The number of para-hydroxylation sites is 1. The summed E-state index contributed by atoms with van der Waals surface area (Å²) in [4.78, 5) is 34.5. The zero-order valence-corrected chi connectivity index (χ0v) is 36.7. The first-order chi connectivity index (χ1) is 24.0. The van der Waals surface area contributed by atoms with Crippen LogP contribution in [0.15, 0.2) is 54.9 Å². The summed E-state index contributed by atoms with van der Waals surface area (Å²) in [6.07, 6.45) is 8.10. The molecular formula is C39H63N7O4U. The molecule has 7 N–H and O–H groups in total. The fourth-order valence-electron chi connectivity index (χ4n) is 6.36. The van der Waals surface area contributed by atoms with Crippen molar-refractivity contribution in [2.75, 3.05) is 33.8 Å². The van der Waals surface area contributed by atoms with E-state index in [1.165, 1.54) is 5.92 Å². The Labute approximate surface area is 330 Å². The Morgan fingerprint density at radius 3 is 2.45 bits per heavy atom. The van der Waals surface area contributed by atoms with Crippen molar-refractivity contribution >= 4 is 17.6 Å². The molecule has 1 aromatic carbocycles. The molecule has 1 saturated carbocycles. The fraction of sp³-hybridized carbons (Fsp3) is 0.564. The normalized spacial score (nSPS) is 22.1. The van der Waals surface area contributed by atoms with E-state index in [9.17, 15) is 14.7 Å². The first-order valence-corrected chi connectivity index (χ1v) is 18.2. The Bertz CT molecular complexity index is 1420. The number of hydrogen-bond acceptors (Lipinski definition) is 7. The summed E-state index contributed by atoms with van der Waals surface area (Å²) in [5, 5.41) is 20.5. The van der Waals surface area contributed by atoms with E-state index in [4.69, 9.17) is 10.5 Å². The SMILES string of the molecule is C/C=C\NCC([NH+]=C(N)CC)[C@@]1(C)[C@H](O)C(NC(=O)c2cccc3c2OCC[C-]3C)CN1C.CC.CC.CNC(=O)C1(c2ccccn2)CC1.[U]. The summed E-state index contributed by atoms with van der Waals surface area (Å²) in [6.45, 7) is 17.7. The average Bonchev–Trinajstić information content (AvgIpc) is 3.94. The summed E-state index contributed by atoms with van der Waals surface area (Å²) in [5.74, 6) is 2.36. The maximum atomic E-state index is 13.3. The van der Waals surface area contributed by atoms with Crippen molar-refractivity contribution in [2.24, 2.45) is 5.73 Å². The van der Waals surface area contributed by atoms with Crippen LogP contribution in [0.2, 0.25) is 0 Å². The Hall–Kier alpha value is -3.04. The van der Waals surface area contributed by atoms with E-state index in [0.29, 0.717) is 43.3 Å². The number of likely N-dealkylation sites (tertiary alicyclic amines) is 1. The third-order valence-electron chi connectivity index (χ3n) is 9.65. The molecule has 0 bridgehead atoms. The molecule has 1 aliphatic carbocycles. The summed E-state index contributed by atoms with van der Waals surface area (Å²) in [6, 6.07) is 10.7. The zero-order chi connectivity index (χ0) is 37.5. The number of fused-ring (bicyclic) bond motifs is 1. The van der Waals surface area contributed by atoms with Gasteiger partial charge in [0.2, 0.25) is 17.6 Å². The first kappa shape index (κ1) is 46.0. The van der Waals surface area contributed by atoms with E-state index in [1.807, 2.05) is 98.1 Å². The minimum atomic E-state index is -0.810. The number of rotatable bonds is 10. The number of nitrogens with zero attached hydrogens (tertiary/aromatic N) is 2. The smallest absolute Gasteiger partial charge is 0.242 e. The van der Waals surface area contributed by atoms with E-state index in [1.54, 1.807) is 19.3 Å². The van der Waals surface area contributed by atoms with Crippen LogP contribution >= 0.6 is 0 Å². The van der Waals surface area contributed by atoms with Crippen LogP contribution in [0.25, 0.3) is 0 Å². The molecule has 2 fully saturated rings. The van der Waals surface area contributed by atoms with Crippen LogP contribution in [0, 0.1) is 37.0 Å². The van der Waals surface area contributed by atoms with Crippen molar-refractivity contribution in [3.05, 3.63) is 77.6 Å². The molecule has 2 aromatic rings. The molecular weight excluding hydrogens is 869 g/mol. The quantitative estimate of drug-likeness (QED) is 0.121. The number of ether oxygens (including phenoxy) is 1. The number of amidine groups is 1. The number of carbonyl (C=O) groups excluding carboxylic acids is 2. The first-order valence-electron chi connectivity index (χ1n) is 18.2. The minimum absolute atomic E-state index is 0. The summed E-state index contributed by atoms with van der Waals surface area (Å²) in [7, 11) is 3.64. The molecule has 1 aromatic heterocycles. The van der Waals surface area contributed by atoms with Gasteiger partial charge in [-0.1, -0.05) is 59.8 Å². The van der Waals surface area contributed by atoms with Gasteiger partial charge in [0.25, 0.3) is 0 Å². The van der Waals surface area contributed by atoms with E-state index in [2.05, 4.69) is 37.8 Å². The van der Waals surface area contributed by atoms with E-state index >= 15 is 0 Å². The predicted octanol–water partition coefficient (Wildman–Crippen LogP) is 2.83. The number of likely N-dealkylation sites (N-methyl/N-ethyl adjacent to an activating group) is 2. The van der Waals surface area contributed by atoms with Crippen LogP contribution in [0.1, 0.15) is 103 Å². The maximum Gasteiger partial charge on any atom is 0.242 e. The molecule has 2 aliphatic heterocycles. The van der Waals surface area contributed by atoms with Crippen molar-refractivity contribution in [3.63, 3.8) is 0 Å². The Morgan fingerprint density at radius 2 is 1.88 bits per heavy atom. The molecule has 11 nitrogen and oxygen atoms in total. The van der Waals surface area contributed by atoms with E-state index < -0.39 is 17.7 Å².